The van der Waals surface area contributed by atoms with Crippen LogP contribution in [-0.4, -0.2) is 36.0 Å². The molecule has 3 rings (SSSR count). The van der Waals surface area contributed by atoms with Crippen LogP contribution in [0.4, 0.5) is 4.79 Å². The largest absolute Gasteiger partial charge is 0.489 e. The van der Waals surface area contributed by atoms with E-state index in [1.165, 1.54) is 25.3 Å². The summed E-state index contributed by atoms with van der Waals surface area (Å²) in [5.74, 6) is -0.371. The molecular weight excluding hydrogens is 400 g/mol. The Morgan fingerprint density at radius 3 is 2.69 bits per heavy atom. The van der Waals surface area contributed by atoms with Crippen molar-refractivity contribution in [2.75, 3.05) is 7.11 Å². The molecule has 29 heavy (non-hydrogen) atoms. The first kappa shape index (κ1) is 20.5. The second-order valence-electron chi connectivity index (χ2n) is 6.49. The summed E-state index contributed by atoms with van der Waals surface area (Å²) in [5.41, 5.74) is 0.728. The number of furan rings is 1. The van der Waals surface area contributed by atoms with Crippen molar-refractivity contribution < 1.29 is 28.3 Å². The van der Waals surface area contributed by atoms with Crippen molar-refractivity contribution in [1.82, 2.24) is 10.2 Å². The molecule has 0 aliphatic carbocycles. The van der Waals surface area contributed by atoms with Crippen molar-refractivity contribution in [3.05, 3.63) is 58.1 Å². The maximum atomic E-state index is 12.6. The molecule has 9 heteroatoms. The summed E-state index contributed by atoms with van der Waals surface area (Å²) in [6, 6.07) is 7.39. The fourth-order valence-electron chi connectivity index (χ4n) is 2.67. The molecule has 1 aliphatic rings. The van der Waals surface area contributed by atoms with Gasteiger partial charge in [-0.05, 0) is 49.8 Å². The van der Waals surface area contributed by atoms with Gasteiger partial charge >= 0.3 is 12.0 Å². The first-order valence-electron chi connectivity index (χ1n) is 8.76. The van der Waals surface area contributed by atoms with Gasteiger partial charge in [-0.25, -0.2) is 9.59 Å². The van der Waals surface area contributed by atoms with Crippen LogP contribution in [0, 0.1) is 0 Å². The number of carbonyl (C=O) groups excluding carboxylic acids is 3. The molecule has 0 atom stereocenters. The standard InChI is InChI=1S/C20H19ClN2O6/c1-11(2)28-16-6-4-12(8-14(16)21)9-15-18(24)23(20(26)22-15)10-13-5-7-17(29-13)19(25)27-3/h4-9,11H,10H2,1-3H3,(H,22,26). The first-order chi connectivity index (χ1) is 13.8. The molecular formula is C20H19ClN2O6. The van der Waals surface area contributed by atoms with E-state index in [9.17, 15) is 14.4 Å². The fraction of sp³-hybridized carbons (Fsp3) is 0.250. The van der Waals surface area contributed by atoms with E-state index in [1.54, 1.807) is 18.2 Å². The van der Waals surface area contributed by atoms with E-state index in [1.807, 2.05) is 13.8 Å². The van der Waals surface area contributed by atoms with Gasteiger partial charge < -0.3 is 19.2 Å². The highest BCUT2D eigenvalue weighted by Gasteiger charge is 2.34. The van der Waals surface area contributed by atoms with Crippen LogP contribution in [-0.2, 0) is 16.1 Å². The number of benzene rings is 1. The number of hydrogen-bond acceptors (Lipinski definition) is 6. The lowest BCUT2D eigenvalue weighted by Gasteiger charge is -2.11. The molecule has 0 bridgehead atoms. The molecule has 1 saturated heterocycles. The number of amides is 3. The van der Waals surface area contributed by atoms with Crippen molar-refractivity contribution >= 4 is 35.6 Å². The molecule has 0 saturated carbocycles. The SMILES string of the molecule is COC(=O)c1ccc(CN2C(=O)NC(=Cc3ccc(OC(C)C)c(Cl)c3)C2=O)o1. The zero-order chi connectivity index (χ0) is 21.1. The van der Waals surface area contributed by atoms with Crippen molar-refractivity contribution in [3.8, 4) is 5.75 Å². The highest BCUT2D eigenvalue weighted by molar-refractivity contribution is 6.32. The highest BCUT2D eigenvalue weighted by atomic mass is 35.5. The fourth-order valence-corrected chi connectivity index (χ4v) is 2.90. The van der Waals surface area contributed by atoms with Crippen LogP contribution >= 0.6 is 11.6 Å². The van der Waals surface area contributed by atoms with Gasteiger partial charge in [0.05, 0.1) is 24.8 Å². The summed E-state index contributed by atoms with van der Waals surface area (Å²) in [6.45, 7) is 3.66. The van der Waals surface area contributed by atoms with Gasteiger partial charge in [0.25, 0.3) is 5.91 Å². The average Bonchev–Trinajstić information content (AvgIpc) is 3.24. The number of imide groups is 1. The Bertz CT molecular complexity index is 995. The van der Waals surface area contributed by atoms with Crippen molar-refractivity contribution in [1.29, 1.82) is 0 Å². The number of carbonyl (C=O) groups is 3. The lowest BCUT2D eigenvalue weighted by Crippen LogP contribution is -2.30. The summed E-state index contributed by atoms with van der Waals surface area (Å²) >= 11 is 6.21. The van der Waals surface area contributed by atoms with Crippen LogP contribution in [0.1, 0.15) is 35.7 Å². The summed E-state index contributed by atoms with van der Waals surface area (Å²) in [7, 11) is 1.23. The van der Waals surface area contributed by atoms with E-state index in [0.717, 1.165) is 4.90 Å². The van der Waals surface area contributed by atoms with Crippen LogP contribution in [0.25, 0.3) is 6.08 Å². The predicted molar refractivity (Wildman–Crippen MR) is 104 cm³/mol. The van der Waals surface area contributed by atoms with E-state index in [2.05, 4.69) is 10.1 Å². The highest BCUT2D eigenvalue weighted by Crippen LogP contribution is 2.28. The molecule has 0 radical (unpaired) electrons. The second kappa shape index (κ2) is 8.40. The number of halogens is 1. The Morgan fingerprint density at radius 2 is 2.03 bits per heavy atom. The van der Waals surface area contributed by atoms with Gasteiger partial charge in [-0.15, -0.1) is 0 Å². The third kappa shape index (κ3) is 4.60. The van der Waals surface area contributed by atoms with E-state index in [-0.39, 0.29) is 29.9 Å². The minimum Gasteiger partial charge on any atom is -0.489 e. The van der Waals surface area contributed by atoms with Gasteiger partial charge in [-0.2, -0.15) is 0 Å². The Morgan fingerprint density at radius 1 is 1.28 bits per heavy atom. The number of nitrogens with zero attached hydrogens (tertiary/aromatic N) is 1. The Hall–Kier alpha value is -3.26. The van der Waals surface area contributed by atoms with Gasteiger partial charge in [-0.1, -0.05) is 17.7 Å². The second-order valence-corrected chi connectivity index (χ2v) is 6.90. The lowest BCUT2D eigenvalue weighted by molar-refractivity contribution is -0.123. The monoisotopic (exact) mass is 418 g/mol. The molecule has 1 N–H and O–H groups in total. The van der Waals surface area contributed by atoms with Crippen LogP contribution in [0.2, 0.25) is 5.02 Å². The van der Waals surface area contributed by atoms with E-state index < -0.39 is 17.9 Å². The minimum atomic E-state index is -0.643. The van der Waals surface area contributed by atoms with Crippen molar-refractivity contribution in [3.63, 3.8) is 0 Å². The first-order valence-corrected chi connectivity index (χ1v) is 9.14. The number of esters is 1. The molecule has 1 aliphatic heterocycles. The molecule has 0 spiro atoms. The molecule has 2 heterocycles. The summed E-state index contributed by atoms with van der Waals surface area (Å²) in [4.78, 5) is 37.2. The molecule has 152 valence electrons. The zero-order valence-corrected chi connectivity index (χ0v) is 16.8. The summed E-state index contributed by atoms with van der Waals surface area (Å²) in [5, 5.41) is 2.92. The summed E-state index contributed by atoms with van der Waals surface area (Å²) < 4.78 is 15.5. The van der Waals surface area contributed by atoms with Crippen LogP contribution in [0.5, 0.6) is 5.75 Å². The summed E-state index contributed by atoms with van der Waals surface area (Å²) in [6.07, 6.45) is 1.50. The van der Waals surface area contributed by atoms with Crippen LogP contribution < -0.4 is 10.1 Å². The van der Waals surface area contributed by atoms with Gasteiger partial charge in [-0.3, -0.25) is 9.69 Å². The third-order valence-electron chi connectivity index (χ3n) is 3.95. The molecule has 8 nitrogen and oxygen atoms in total. The van der Waals surface area contributed by atoms with Gasteiger partial charge in [0.2, 0.25) is 5.76 Å². The smallest absolute Gasteiger partial charge is 0.373 e. The van der Waals surface area contributed by atoms with Crippen LogP contribution in [0.3, 0.4) is 0 Å². The normalized spacial score (nSPS) is 15.2. The van der Waals surface area contributed by atoms with Crippen molar-refractivity contribution in [2.45, 2.75) is 26.5 Å². The van der Waals surface area contributed by atoms with Gasteiger partial charge in [0.1, 0.15) is 17.2 Å². The predicted octanol–water partition coefficient (Wildman–Crippen LogP) is 3.60. The molecule has 1 aromatic heterocycles. The maximum absolute atomic E-state index is 12.6. The van der Waals surface area contributed by atoms with Gasteiger partial charge in [0, 0.05) is 0 Å². The number of nitrogens with one attached hydrogen (secondary N) is 1. The molecule has 3 amide bonds. The van der Waals surface area contributed by atoms with E-state index >= 15 is 0 Å². The Balaban J connectivity index is 1.75. The Kier molecular flexibility index (Phi) is 5.93. The Labute approximate surface area is 172 Å². The van der Waals surface area contributed by atoms with Gasteiger partial charge in [0.15, 0.2) is 0 Å². The molecule has 1 fully saturated rings. The number of ether oxygens (including phenoxy) is 2. The number of methoxy groups -OCH3 is 1. The number of rotatable bonds is 6. The number of urea groups is 1. The quantitative estimate of drug-likeness (QED) is 0.437. The third-order valence-corrected chi connectivity index (χ3v) is 4.25. The molecule has 1 aromatic carbocycles. The minimum absolute atomic E-state index is 0.0105. The maximum Gasteiger partial charge on any atom is 0.373 e. The molecule has 2 aromatic rings. The zero-order valence-electron chi connectivity index (χ0n) is 16.0. The number of hydrogen-bond donors (Lipinski definition) is 1. The van der Waals surface area contributed by atoms with Crippen molar-refractivity contribution in [2.24, 2.45) is 0 Å². The lowest BCUT2D eigenvalue weighted by atomic mass is 10.2. The van der Waals surface area contributed by atoms with E-state index in [0.29, 0.717) is 16.3 Å². The molecule has 0 unspecified atom stereocenters. The van der Waals surface area contributed by atoms with E-state index in [4.69, 9.17) is 20.8 Å². The topological polar surface area (TPSA) is 98.1 Å². The van der Waals surface area contributed by atoms with Crippen LogP contribution in [0.15, 0.2) is 40.4 Å². The average molecular weight is 419 g/mol.